The SMILES string of the molecule is O=C(O)CCN(CC1CCCO1)C(=O)C1CCc2cc(F)ccc21. The van der Waals surface area contributed by atoms with E-state index in [9.17, 15) is 14.0 Å². The van der Waals surface area contributed by atoms with Crippen molar-refractivity contribution in [3.63, 3.8) is 0 Å². The first-order valence-electron chi connectivity index (χ1n) is 8.45. The fraction of sp³-hybridized carbons (Fsp3) is 0.556. The molecule has 0 radical (unpaired) electrons. The van der Waals surface area contributed by atoms with Gasteiger partial charge in [-0.1, -0.05) is 6.07 Å². The molecule has 5 nitrogen and oxygen atoms in total. The van der Waals surface area contributed by atoms with Gasteiger partial charge in [-0.25, -0.2) is 4.39 Å². The zero-order valence-corrected chi connectivity index (χ0v) is 13.5. The van der Waals surface area contributed by atoms with Crippen LogP contribution in [0.4, 0.5) is 4.39 Å². The van der Waals surface area contributed by atoms with E-state index in [4.69, 9.17) is 9.84 Å². The minimum absolute atomic E-state index is 0.0168. The third-order valence-corrected chi connectivity index (χ3v) is 4.84. The van der Waals surface area contributed by atoms with Crippen LogP contribution < -0.4 is 0 Å². The summed E-state index contributed by atoms with van der Waals surface area (Å²) >= 11 is 0. The second-order valence-corrected chi connectivity index (χ2v) is 6.50. The summed E-state index contributed by atoms with van der Waals surface area (Å²) in [5.74, 6) is -1.59. The van der Waals surface area contributed by atoms with Crippen LogP contribution in [-0.4, -0.2) is 47.7 Å². The van der Waals surface area contributed by atoms with E-state index in [1.807, 2.05) is 0 Å². The second kappa shape index (κ2) is 7.30. The van der Waals surface area contributed by atoms with Crippen molar-refractivity contribution in [2.45, 2.75) is 44.1 Å². The van der Waals surface area contributed by atoms with Gasteiger partial charge in [0.05, 0.1) is 18.4 Å². The van der Waals surface area contributed by atoms with Crippen molar-refractivity contribution >= 4 is 11.9 Å². The standard InChI is InChI=1S/C18H22FNO4/c19-13-4-6-15-12(10-13)3-5-16(15)18(23)20(8-7-17(21)22)11-14-2-1-9-24-14/h4,6,10,14,16H,1-3,5,7-9,11H2,(H,21,22). The molecule has 1 heterocycles. The molecule has 0 saturated carbocycles. The number of nitrogens with zero attached hydrogens (tertiary/aromatic N) is 1. The number of carbonyl (C=O) groups is 2. The van der Waals surface area contributed by atoms with Crippen LogP contribution in [0.2, 0.25) is 0 Å². The Morgan fingerprint density at radius 1 is 1.33 bits per heavy atom. The highest BCUT2D eigenvalue weighted by atomic mass is 19.1. The average Bonchev–Trinajstić information content (AvgIpc) is 3.19. The van der Waals surface area contributed by atoms with Gasteiger partial charge < -0.3 is 14.7 Å². The molecule has 0 bridgehead atoms. The highest BCUT2D eigenvalue weighted by Crippen LogP contribution is 2.35. The lowest BCUT2D eigenvalue weighted by molar-refractivity contribution is -0.139. The molecule has 1 amide bonds. The summed E-state index contributed by atoms with van der Waals surface area (Å²) in [7, 11) is 0. The van der Waals surface area contributed by atoms with Gasteiger partial charge in [-0.2, -0.15) is 0 Å². The molecule has 1 N–H and O–H groups in total. The van der Waals surface area contributed by atoms with Crippen LogP contribution in [0.15, 0.2) is 18.2 Å². The van der Waals surface area contributed by atoms with Gasteiger partial charge in [-0.05, 0) is 48.9 Å². The van der Waals surface area contributed by atoms with E-state index < -0.39 is 5.97 Å². The quantitative estimate of drug-likeness (QED) is 0.866. The molecule has 130 valence electrons. The Bertz CT molecular complexity index is 627. The number of benzene rings is 1. The minimum Gasteiger partial charge on any atom is -0.481 e. The summed E-state index contributed by atoms with van der Waals surface area (Å²) in [5, 5.41) is 8.95. The number of halogens is 1. The van der Waals surface area contributed by atoms with E-state index in [0.29, 0.717) is 26.0 Å². The third kappa shape index (κ3) is 3.75. The normalized spacial score (nSPS) is 22.4. The number of carboxylic acid groups (broad SMARTS) is 1. The van der Waals surface area contributed by atoms with Crippen LogP contribution >= 0.6 is 0 Å². The minimum atomic E-state index is -0.922. The Morgan fingerprint density at radius 3 is 2.88 bits per heavy atom. The number of fused-ring (bicyclic) bond motifs is 1. The maximum absolute atomic E-state index is 13.4. The Morgan fingerprint density at radius 2 is 2.17 bits per heavy atom. The zero-order valence-electron chi connectivity index (χ0n) is 13.5. The van der Waals surface area contributed by atoms with Crippen LogP contribution in [0, 0.1) is 5.82 Å². The molecule has 0 aromatic heterocycles. The number of amides is 1. The molecule has 1 aromatic carbocycles. The van der Waals surface area contributed by atoms with E-state index in [2.05, 4.69) is 0 Å². The smallest absolute Gasteiger partial charge is 0.305 e. The lowest BCUT2D eigenvalue weighted by Crippen LogP contribution is -2.41. The molecular weight excluding hydrogens is 313 g/mol. The molecule has 24 heavy (non-hydrogen) atoms. The van der Waals surface area contributed by atoms with E-state index in [1.165, 1.54) is 12.1 Å². The number of rotatable bonds is 6. The molecule has 1 fully saturated rings. The molecule has 1 saturated heterocycles. The molecule has 1 aliphatic heterocycles. The Balaban J connectivity index is 1.74. The monoisotopic (exact) mass is 335 g/mol. The number of ether oxygens (including phenoxy) is 1. The Hall–Kier alpha value is -1.95. The third-order valence-electron chi connectivity index (χ3n) is 4.84. The van der Waals surface area contributed by atoms with Gasteiger partial charge in [0.15, 0.2) is 0 Å². The first kappa shape index (κ1) is 16.9. The predicted octanol–water partition coefficient (Wildman–Crippen LogP) is 2.34. The number of hydrogen-bond acceptors (Lipinski definition) is 3. The van der Waals surface area contributed by atoms with Crippen LogP contribution in [0.1, 0.15) is 42.7 Å². The highest BCUT2D eigenvalue weighted by Gasteiger charge is 2.33. The summed E-state index contributed by atoms with van der Waals surface area (Å²) in [4.78, 5) is 25.5. The van der Waals surface area contributed by atoms with Gasteiger partial charge in [0.1, 0.15) is 5.82 Å². The molecule has 2 atom stereocenters. The van der Waals surface area contributed by atoms with Crippen LogP contribution in [0.3, 0.4) is 0 Å². The Labute approximate surface area is 140 Å². The van der Waals surface area contributed by atoms with Crippen molar-refractivity contribution in [3.05, 3.63) is 35.1 Å². The van der Waals surface area contributed by atoms with E-state index in [-0.39, 0.29) is 36.7 Å². The predicted molar refractivity (Wildman–Crippen MR) is 85.3 cm³/mol. The molecule has 6 heteroatoms. The number of aryl methyl sites for hydroxylation is 1. The van der Waals surface area contributed by atoms with Gasteiger partial charge in [-0.15, -0.1) is 0 Å². The molecular formula is C18H22FNO4. The van der Waals surface area contributed by atoms with E-state index >= 15 is 0 Å². The maximum atomic E-state index is 13.4. The maximum Gasteiger partial charge on any atom is 0.305 e. The fourth-order valence-corrected chi connectivity index (χ4v) is 3.62. The second-order valence-electron chi connectivity index (χ2n) is 6.50. The van der Waals surface area contributed by atoms with Gasteiger partial charge >= 0.3 is 5.97 Å². The van der Waals surface area contributed by atoms with Crippen molar-refractivity contribution in [3.8, 4) is 0 Å². The highest BCUT2D eigenvalue weighted by molar-refractivity contribution is 5.85. The van der Waals surface area contributed by atoms with Gasteiger partial charge in [0.2, 0.25) is 5.91 Å². The lowest BCUT2D eigenvalue weighted by atomic mass is 9.99. The van der Waals surface area contributed by atoms with Gasteiger partial charge in [0.25, 0.3) is 0 Å². The van der Waals surface area contributed by atoms with Crippen LogP contribution in [-0.2, 0) is 20.7 Å². The van der Waals surface area contributed by atoms with Crippen LogP contribution in [0.25, 0.3) is 0 Å². The summed E-state index contributed by atoms with van der Waals surface area (Å²) in [6.45, 7) is 1.30. The fourth-order valence-electron chi connectivity index (χ4n) is 3.62. The van der Waals surface area contributed by atoms with Crippen molar-refractivity contribution in [1.29, 1.82) is 0 Å². The van der Waals surface area contributed by atoms with E-state index in [1.54, 1.807) is 11.0 Å². The average molecular weight is 335 g/mol. The first-order chi connectivity index (χ1) is 11.5. The van der Waals surface area contributed by atoms with E-state index in [0.717, 1.165) is 24.0 Å². The number of hydrogen-bond donors (Lipinski definition) is 1. The summed E-state index contributed by atoms with van der Waals surface area (Å²) in [6.07, 6.45) is 3.09. The molecule has 3 rings (SSSR count). The Kier molecular flexibility index (Phi) is 5.14. The van der Waals surface area contributed by atoms with Crippen molar-refractivity contribution in [2.75, 3.05) is 19.7 Å². The first-order valence-corrected chi connectivity index (χ1v) is 8.45. The molecule has 0 spiro atoms. The molecule has 1 aromatic rings. The van der Waals surface area contributed by atoms with Gasteiger partial charge in [-0.3, -0.25) is 9.59 Å². The molecule has 2 unspecified atom stereocenters. The number of carbonyl (C=O) groups excluding carboxylic acids is 1. The van der Waals surface area contributed by atoms with Crippen molar-refractivity contribution in [1.82, 2.24) is 4.90 Å². The van der Waals surface area contributed by atoms with Crippen LogP contribution in [0.5, 0.6) is 0 Å². The molecule has 2 aliphatic rings. The zero-order chi connectivity index (χ0) is 17.1. The topological polar surface area (TPSA) is 66.8 Å². The van der Waals surface area contributed by atoms with Crippen molar-refractivity contribution in [2.24, 2.45) is 0 Å². The molecule has 1 aliphatic carbocycles. The van der Waals surface area contributed by atoms with Crippen molar-refractivity contribution < 1.29 is 23.8 Å². The number of carboxylic acids is 1. The summed E-state index contributed by atoms with van der Waals surface area (Å²) in [5.41, 5.74) is 1.75. The summed E-state index contributed by atoms with van der Waals surface area (Å²) < 4.78 is 18.9. The summed E-state index contributed by atoms with van der Waals surface area (Å²) in [6, 6.07) is 4.55. The van der Waals surface area contributed by atoms with Gasteiger partial charge in [0, 0.05) is 19.7 Å². The number of aliphatic carboxylic acids is 1. The largest absolute Gasteiger partial charge is 0.481 e. The lowest BCUT2D eigenvalue weighted by Gasteiger charge is -2.28.